The van der Waals surface area contributed by atoms with E-state index in [0.717, 1.165) is 4.31 Å². The number of carboxylic acids is 1. The van der Waals surface area contributed by atoms with Crippen LogP contribution in [-0.4, -0.2) is 56.4 Å². The maximum absolute atomic E-state index is 11.3. The van der Waals surface area contributed by atoms with Crippen LogP contribution in [0.1, 0.15) is 6.92 Å². The molecule has 7 heteroatoms. The molecule has 0 aromatic rings. The van der Waals surface area contributed by atoms with Crippen molar-refractivity contribution in [2.75, 3.05) is 32.6 Å². The van der Waals surface area contributed by atoms with Crippen molar-refractivity contribution in [1.82, 2.24) is 4.31 Å². The lowest BCUT2D eigenvalue weighted by atomic mass is 10.6. The molecule has 84 valence electrons. The second kappa shape index (κ2) is 5.94. The predicted octanol–water partition coefficient (Wildman–Crippen LogP) is -0.631. The Morgan fingerprint density at radius 3 is 2.43 bits per heavy atom. The first-order chi connectivity index (χ1) is 6.44. The molecule has 0 aliphatic carbocycles. The molecule has 0 radical (unpaired) electrons. The fourth-order valence-electron chi connectivity index (χ4n) is 0.843. The molecule has 0 heterocycles. The fraction of sp³-hybridized carbons (Fsp3) is 0.857. The Morgan fingerprint density at radius 1 is 1.50 bits per heavy atom. The van der Waals surface area contributed by atoms with Gasteiger partial charge in [0.1, 0.15) is 6.54 Å². The zero-order valence-corrected chi connectivity index (χ0v) is 9.08. The molecule has 0 unspecified atom stereocenters. The Balaban J connectivity index is 4.46. The molecule has 0 saturated carbocycles. The Bertz CT molecular complexity index is 274. The van der Waals surface area contributed by atoms with Gasteiger partial charge in [-0.05, 0) is 6.92 Å². The molecule has 0 spiro atoms. The lowest BCUT2D eigenvalue weighted by Crippen LogP contribution is -2.38. The molecule has 1 N–H and O–H groups in total. The van der Waals surface area contributed by atoms with Crippen molar-refractivity contribution >= 4 is 16.0 Å². The molecular weight excluding hydrogens is 210 g/mol. The van der Waals surface area contributed by atoms with Crippen molar-refractivity contribution in [3.63, 3.8) is 0 Å². The van der Waals surface area contributed by atoms with Gasteiger partial charge < -0.3 is 9.84 Å². The quantitative estimate of drug-likeness (QED) is 0.623. The fourth-order valence-corrected chi connectivity index (χ4v) is 1.87. The van der Waals surface area contributed by atoms with Crippen LogP contribution in [0.5, 0.6) is 0 Å². The largest absolute Gasteiger partial charge is 0.480 e. The van der Waals surface area contributed by atoms with E-state index >= 15 is 0 Å². The maximum Gasteiger partial charge on any atom is 0.318 e. The Kier molecular flexibility index (Phi) is 5.66. The highest BCUT2D eigenvalue weighted by molar-refractivity contribution is 7.89. The van der Waals surface area contributed by atoms with E-state index in [0.29, 0.717) is 0 Å². The Morgan fingerprint density at radius 2 is 2.07 bits per heavy atom. The predicted molar refractivity (Wildman–Crippen MR) is 50.5 cm³/mol. The summed E-state index contributed by atoms with van der Waals surface area (Å²) in [4.78, 5) is 10.4. The summed E-state index contributed by atoms with van der Waals surface area (Å²) >= 11 is 0. The van der Waals surface area contributed by atoms with Crippen LogP contribution < -0.4 is 0 Å². The molecule has 0 bridgehead atoms. The number of rotatable bonds is 7. The van der Waals surface area contributed by atoms with Crippen LogP contribution in [0.4, 0.5) is 0 Å². The number of carboxylic acid groups (broad SMARTS) is 1. The third kappa shape index (κ3) is 4.54. The summed E-state index contributed by atoms with van der Waals surface area (Å²) in [6, 6.07) is 0. The normalized spacial score (nSPS) is 11.9. The molecule has 0 fully saturated rings. The zero-order chi connectivity index (χ0) is 11.2. The third-order valence-corrected chi connectivity index (χ3v) is 3.44. The van der Waals surface area contributed by atoms with E-state index in [1.165, 1.54) is 14.0 Å². The molecule has 14 heavy (non-hydrogen) atoms. The molecule has 0 amide bonds. The SMILES string of the molecule is CCS(=O)(=O)N(CCOC)CC(=O)O. The van der Waals surface area contributed by atoms with Gasteiger partial charge >= 0.3 is 5.97 Å². The molecule has 6 nitrogen and oxygen atoms in total. The smallest absolute Gasteiger partial charge is 0.318 e. The molecule has 0 rings (SSSR count). The summed E-state index contributed by atoms with van der Waals surface area (Å²) in [7, 11) is -2.03. The van der Waals surface area contributed by atoms with E-state index < -0.39 is 22.5 Å². The molecular formula is C7H15NO5S. The van der Waals surface area contributed by atoms with Crippen LogP contribution >= 0.6 is 0 Å². The Labute approximate surface area is 83.5 Å². The molecule has 0 aromatic heterocycles. The van der Waals surface area contributed by atoms with Gasteiger partial charge in [0, 0.05) is 13.7 Å². The van der Waals surface area contributed by atoms with Crippen LogP contribution in [0, 0.1) is 0 Å². The van der Waals surface area contributed by atoms with Gasteiger partial charge in [-0.15, -0.1) is 0 Å². The molecule has 0 aromatic carbocycles. The van der Waals surface area contributed by atoms with E-state index in [9.17, 15) is 13.2 Å². The van der Waals surface area contributed by atoms with E-state index in [2.05, 4.69) is 0 Å². The Hall–Kier alpha value is -0.660. The summed E-state index contributed by atoms with van der Waals surface area (Å²) in [5.74, 6) is -1.28. The number of hydrogen-bond donors (Lipinski definition) is 1. The molecule has 0 aliphatic heterocycles. The van der Waals surface area contributed by atoms with Crippen LogP contribution in [0.25, 0.3) is 0 Å². The highest BCUT2D eigenvalue weighted by atomic mass is 32.2. The van der Waals surface area contributed by atoms with Crippen molar-refractivity contribution in [3.05, 3.63) is 0 Å². The van der Waals surface area contributed by atoms with Crippen LogP contribution in [0.2, 0.25) is 0 Å². The van der Waals surface area contributed by atoms with Crippen molar-refractivity contribution in [2.24, 2.45) is 0 Å². The van der Waals surface area contributed by atoms with Gasteiger partial charge in [-0.25, -0.2) is 8.42 Å². The average Bonchev–Trinajstić information content (AvgIpc) is 2.11. The van der Waals surface area contributed by atoms with Gasteiger partial charge in [0.05, 0.1) is 12.4 Å². The number of hydrogen-bond acceptors (Lipinski definition) is 4. The van der Waals surface area contributed by atoms with E-state index in [4.69, 9.17) is 9.84 Å². The van der Waals surface area contributed by atoms with Gasteiger partial charge in [-0.2, -0.15) is 4.31 Å². The van der Waals surface area contributed by atoms with Crippen LogP contribution in [0.3, 0.4) is 0 Å². The lowest BCUT2D eigenvalue weighted by molar-refractivity contribution is -0.137. The van der Waals surface area contributed by atoms with Crippen molar-refractivity contribution in [1.29, 1.82) is 0 Å². The minimum absolute atomic E-state index is 0.0684. The first kappa shape index (κ1) is 13.3. The number of ether oxygens (including phenoxy) is 1. The highest BCUT2D eigenvalue weighted by Crippen LogP contribution is 2.00. The highest BCUT2D eigenvalue weighted by Gasteiger charge is 2.21. The topological polar surface area (TPSA) is 83.9 Å². The summed E-state index contributed by atoms with van der Waals surface area (Å²) in [5.41, 5.74) is 0. The van der Waals surface area contributed by atoms with Crippen molar-refractivity contribution in [2.45, 2.75) is 6.92 Å². The summed E-state index contributed by atoms with van der Waals surface area (Å²) in [6.45, 7) is 1.21. The number of sulfonamides is 1. The zero-order valence-electron chi connectivity index (χ0n) is 8.26. The lowest BCUT2D eigenvalue weighted by Gasteiger charge is -2.18. The van der Waals surface area contributed by atoms with E-state index in [-0.39, 0.29) is 18.9 Å². The van der Waals surface area contributed by atoms with Gasteiger partial charge in [-0.1, -0.05) is 0 Å². The summed E-state index contributed by atoms with van der Waals surface area (Å²) in [5, 5.41) is 8.50. The number of aliphatic carboxylic acids is 1. The molecule has 0 atom stereocenters. The monoisotopic (exact) mass is 225 g/mol. The average molecular weight is 225 g/mol. The third-order valence-electron chi connectivity index (χ3n) is 1.61. The minimum Gasteiger partial charge on any atom is -0.480 e. The minimum atomic E-state index is -3.46. The number of nitrogens with zero attached hydrogens (tertiary/aromatic N) is 1. The van der Waals surface area contributed by atoms with Crippen molar-refractivity contribution in [3.8, 4) is 0 Å². The number of methoxy groups -OCH3 is 1. The van der Waals surface area contributed by atoms with Crippen molar-refractivity contribution < 1.29 is 23.1 Å². The second-order valence-electron chi connectivity index (χ2n) is 2.62. The summed E-state index contributed by atoms with van der Waals surface area (Å²) in [6.07, 6.45) is 0. The van der Waals surface area contributed by atoms with E-state index in [1.807, 2.05) is 0 Å². The molecule has 0 saturated heterocycles. The van der Waals surface area contributed by atoms with E-state index in [1.54, 1.807) is 0 Å². The van der Waals surface area contributed by atoms with Gasteiger partial charge in [0.15, 0.2) is 0 Å². The molecule has 0 aliphatic rings. The maximum atomic E-state index is 11.3. The second-order valence-corrected chi connectivity index (χ2v) is 4.88. The number of carbonyl (C=O) groups is 1. The van der Waals surface area contributed by atoms with Crippen LogP contribution in [0.15, 0.2) is 0 Å². The van der Waals surface area contributed by atoms with Gasteiger partial charge in [0.25, 0.3) is 0 Å². The first-order valence-corrected chi connectivity index (χ1v) is 5.73. The standard InChI is InChI=1S/C7H15NO5S/c1-3-14(11,12)8(4-5-13-2)6-7(9)10/h3-6H2,1-2H3,(H,9,10). The van der Waals surface area contributed by atoms with Gasteiger partial charge in [0.2, 0.25) is 10.0 Å². The van der Waals surface area contributed by atoms with Gasteiger partial charge in [-0.3, -0.25) is 4.79 Å². The summed E-state index contributed by atoms with van der Waals surface area (Å²) < 4.78 is 28.3. The van der Waals surface area contributed by atoms with Crippen LogP contribution in [-0.2, 0) is 19.6 Å². The first-order valence-electron chi connectivity index (χ1n) is 4.12.